The smallest absolute Gasteiger partial charge is 0.245 e. The number of carbonyl (C=O) groups excluding carboxylic acids is 18. The highest BCUT2D eigenvalue weighted by Crippen LogP contribution is 2.33. The molecule has 1 unspecified atom stereocenters. The third kappa shape index (κ3) is 32.4. The van der Waals surface area contributed by atoms with Crippen molar-refractivity contribution in [3.8, 4) is 0 Å². The summed E-state index contributed by atoms with van der Waals surface area (Å²) in [5, 5.41) is 82.5. The normalized spacial score (nSPS) is 20.0. The van der Waals surface area contributed by atoms with E-state index in [4.69, 9.17) is 39.1 Å². The van der Waals surface area contributed by atoms with Crippen LogP contribution in [0.3, 0.4) is 0 Å². The summed E-state index contributed by atoms with van der Waals surface area (Å²) in [6, 6.07) is -21.1. The molecule has 0 aliphatic carbocycles. The molecule has 0 bridgehead atoms. The highest BCUT2D eigenvalue weighted by Gasteiger charge is 2.54. The van der Waals surface area contributed by atoms with E-state index in [1.54, 1.807) is 27.7 Å². The summed E-state index contributed by atoms with van der Waals surface area (Å²) >= 11 is 0.545. The number of ether oxygens (including phenoxy) is 1. The van der Waals surface area contributed by atoms with Gasteiger partial charge in [0.2, 0.25) is 106 Å². The number of aliphatic imine (C=N–C) groups is 1. The maximum atomic E-state index is 14.9. The molecule has 2 fully saturated rings. The van der Waals surface area contributed by atoms with Gasteiger partial charge in [-0.05, 0) is 83.1 Å². The van der Waals surface area contributed by atoms with Crippen molar-refractivity contribution in [3.63, 3.8) is 0 Å². The average molecular weight is 1620 g/mol. The van der Waals surface area contributed by atoms with Crippen molar-refractivity contribution < 1.29 is 117 Å². The number of hydrogen-bond acceptors (Lipinski definition) is 27. The summed E-state index contributed by atoms with van der Waals surface area (Å²) in [7, 11) is 0. The van der Waals surface area contributed by atoms with E-state index in [0.29, 0.717) is 16.7 Å². The van der Waals surface area contributed by atoms with Gasteiger partial charge in [-0.1, -0.05) is 41.5 Å². The van der Waals surface area contributed by atoms with Crippen LogP contribution in [-0.2, 0) is 91.0 Å². The molecule has 0 spiro atoms. The lowest BCUT2D eigenvalue weighted by atomic mass is 9.95. The number of thioether (sulfide) groups is 1. The second kappa shape index (κ2) is 48.0. The summed E-state index contributed by atoms with van der Waals surface area (Å²) in [5.74, 6) is -21.2. The van der Waals surface area contributed by atoms with Crippen LogP contribution in [0.5, 0.6) is 0 Å². The molecule has 0 aromatic heterocycles. The molecule has 2 saturated heterocycles. The van der Waals surface area contributed by atoms with Crippen molar-refractivity contribution in [2.45, 2.75) is 242 Å². The van der Waals surface area contributed by atoms with Gasteiger partial charge in [0, 0.05) is 39.0 Å². The molecule has 2 rings (SSSR count). The van der Waals surface area contributed by atoms with Crippen molar-refractivity contribution in [1.29, 1.82) is 0 Å². The first-order valence-corrected chi connectivity index (χ1v) is 37.2. The molecule has 30 N–H and O–H groups in total. The molecule has 2 aliphatic heterocycles. The lowest BCUT2D eigenvalue weighted by molar-refractivity contribution is -0.228. The van der Waals surface area contributed by atoms with Gasteiger partial charge in [0.05, 0.1) is 31.5 Å². The molecule has 0 aromatic carbocycles. The first kappa shape index (κ1) is 98.1. The molecule has 0 aromatic rings. The van der Waals surface area contributed by atoms with Crippen LogP contribution in [0.2, 0.25) is 0 Å². The molecule has 45 nitrogen and oxygen atoms in total. The molecule has 18 amide bonds. The van der Waals surface area contributed by atoms with Crippen molar-refractivity contribution in [3.05, 3.63) is 0 Å². The van der Waals surface area contributed by atoms with Crippen molar-refractivity contribution in [1.82, 2.24) is 74.0 Å². The molecular formula is C66H113N21O24S. The van der Waals surface area contributed by atoms with E-state index < -0.39 is 271 Å². The van der Waals surface area contributed by atoms with Crippen LogP contribution in [0.15, 0.2) is 4.99 Å². The van der Waals surface area contributed by atoms with E-state index in [1.807, 2.05) is 0 Å². The molecular weight excluding hydrogens is 1500 g/mol. The fraction of sp³-hybridized carbons (Fsp3) is 0.712. The number of rotatable bonds is 49. The molecule has 18 atom stereocenters. The van der Waals surface area contributed by atoms with E-state index in [1.165, 1.54) is 27.7 Å². The maximum absolute atomic E-state index is 14.9. The minimum Gasteiger partial charge on any atom is -0.394 e. The van der Waals surface area contributed by atoms with Crippen LogP contribution >= 0.6 is 11.8 Å². The SMILES string of the molecule is CC(=O)N[C@@H]1[C@@H](O)[C@H](O)[C@@H](CO)O[C@H]1N1C(=O)CC(SC[C@H](NC(=O)[C@H](CO)NC(=O)[C@H](CC(C)C)NC(=O)[C@H](CCCN=C(N)N)NC(=O)[C@H](C)NC(=O)[C@@H](NC(C)=O)C(C)C)C(=O)N[C@@H](CCCCN)C(=O)N[C@@H](CO)C(=O)N[C@H](C(=O)N[C@@H](CC(N)=O)C(=O)N[C@@H](C)C(=O)N[C@@H](CCC(N)=O)C(N)=O)C(C)C)C1=O. The number of nitrogens with zero attached hydrogens (tertiary/aromatic N) is 2. The molecule has 112 heavy (non-hydrogen) atoms. The Morgan fingerprint density at radius 3 is 1.44 bits per heavy atom. The van der Waals surface area contributed by atoms with Gasteiger partial charge >= 0.3 is 0 Å². The molecule has 0 radical (unpaired) electrons. The highest BCUT2D eigenvalue weighted by atomic mass is 32.2. The first-order valence-electron chi connectivity index (χ1n) is 36.2. The third-order valence-corrected chi connectivity index (χ3v) is 18.6. The van der Waals surface area contributed by atoms with Crippen LogP contribution in [0.25, 0.3) is 0 Å². The summed E-state index contributed by atoms with van der Waals surface area (Å²) < 4.78 is 5.70. The third-order valence-electron chi connectivity index (χ3n) is 17.3. The van der Waals surface area contributed by atoms with Gasteiger partial charge in [-0.25, -0.2) is 0 Å². The Kier molecular flexibility index (Phi) is 42.1. The molecule has 632 valence electrons. The van der Waals surface area contributed by atoms with Crippen LogP contribution in [-0.4, -0.2) is 290 Å². The van der Waals surface area contributed by atoms with Gasteiger partial charge in [-0.2, -0.15) is 0 Å². The molecule has 2 heterocycles. The van der Waals surface area contributed by atoms with E-state index in [9.17, 15) is 112 Å². The monoisotopic (exact) mass is 1620 g/mol. The second-order valence-corrected chi connectivity index (χ2v) is 29.2. The second-order valence-electron chi connectivity index (χ2n) is 28.0. The number of imide groups is 1. The number of nitrogens with two attached hydrogens (primary N) is 6. The van der Waals surface area contributed by atoms with E-state index in [2.05, 4.69) is 74.1 Å². The zero-order valence-electron chi connectivity index (χ0n) is 64.2. The maximum Gasteiger partial charge on any atom is 0.245 e. The van der Waals surface area contributed by atoms with Gasteiger partial charge in [0.25, 0.3) is 0 Å². The first-order chi connectivity index (χ1) is 52.3. The Morgan fingerprint density at radius 1 is 0.509 bits per heavy atom. The van der Waals surface area contributed by atoms with Crippen LogP contribution in [0.1, 0.15) is 133 Å². The van der Waals surface area contributed by atoms with E-state index >= 15 is 0 Å². The summed E-state index contributed by atoms with van der Waals surface area (Å²) in [5.41, 5.74) is 32.7. The summed E-state index contributed by atoms with van der Waals surface area (Å²) in [6.07, 6.45) is -9.75. The number of carbonyl (C=O) groups is 18. The Morgan fingerprint density at radius 2 is 0.955 bits per heavy atom. The Labute approximate surface area is 649 Å². The van der Waals surface area contributed by atoms with Crippen LogP contribution in [0, 0.1) is 17.8 Å². The lowest BCUT2D eigenvalue weighted by Crippen LogP contribution is -2.68. The number of aliphatic hydroxyl groups excluding tert-OH is 5. The number of unbranched alkanes of at least 4 members (excludes halogenated alkanes) is 1. The fourth-order valence-corrected chi connectivity index (χ4v) is 12.4. The van der Waals surface area contributed by atoms with Gasteiger partial charge in [0.15, 0.2) is 12.2 Å². The number of aliphatic hydroxyl groups is 5. The average Bonchev–Trinajstić information content (AvgIpc) is 1.65. The van der Waals surface area contributed by atoms with Gasteiger partial charge in [-0.3, -0.25) is 96.2 Å². The van der Waals surface area contributed by atoms with Crippen LogP contribution in [0.4, 0.5) is 0 Å². The number of guanidine groups is 1. The lowest BCUT2D eigenvalue weighted by Gasteiger charge is -2.45. The van der Waals surface area contributed by atoms with Crippen LogP contribution < -0.4 is 104 Å². The topological polar surface area (TPSA) is 746 Å². The van der Waals surface area contributed by atoms with Crippen molar-refractivity contribution in [2.24, 2.45) is 57.1 Å². The van der Waals surface area contributed by atoms with E-state index in [0.717, 1.165) is 13.8 Å². The number of primary amides is 3. The molecule has 46 heteroatoms. The highest BCUT2D eigenvalue weighted by molar-refractivity contribution is 8.00. The van der Waals surface area contributed by atoms with Gasteiger partial charge in [0.1, 0.15) is 96.9 Å². The van der Waals surface area contributed by atoms with Gasteiger partial charge in [-0.15, -0.1) is 11.8 Å². The summed E-state index contributed by atoms with van der Waals surface area (Å²) in [4.78, 5) is 246. The van der Waals surface area contributed by atoms with Crippen molar-refractivity contribution in [2.75, 3.05) is 38.7 Å². The standard InChI is InChI=1S/C66H113N21O24S/c1-27(2)20-37(81-55(101)36(15-13-19-73-66(71)72)79-54(100)31(8)75-62(108)47(28(3)4)76-32(9)91)58(104)84-39(23-88)59(105)85-41(26-112-43-22-46(95)87(64(43)110)65-49(77-33(10)92)51(97)50(96)42(25-90)111-65)61(107)80-35(14-11-12-18-67)56(102)83-40(24-89)60(106)86-48(29(5)6)63(109)82-38(21-45(69)94)57(103)74-30(7)53(99)78-34(52(70)98)16-17-44(68)93/h27-31,34-43,47-51,65,88-90,96-97H,11-26,67H2,1-10H3,(H2,68,93)(H2,69,94)(H2,70,98)(H,74,103)(H,75,108)(H,76,91)(H,77,92)(H,78,99)(H,79,100)(H,80,107)(H,81,101)(H,82,109)(H,83,102)(H,84,104)(H,85,105)(H,86,106)(H4,71,72,73)/t30-,31-,34-,35-,36-,37-,38-,39-,40-,41-,42+,43?,47-,48-,49+,50+,51+,65+/m0/s1. The minimum absolute atomic E-state index is 0.0319. The van der Waals surface area contributed by atoms with Gasteiger partial charge < -0.3 is 134 Å². The largest absolute Gasteiger partial charge is 0.394 e. The quantitative estimate of drug-likeness (QED) is 0.0116. The minimum atomic E-state index is -2.02. The Hall–Kier alpha value is -10.0. The predicted molar refractivity (Wildman–Crippen MR) is 396 cm³/mol. The fourth-order valence-electron chi connectivity index (χ4n) is 11.2. The number of likely N-dealkylation sites (tertiary alicyclic amines) is 1. The number of nitrogens with one attached hydrogen (secondary N) is 13. The Balaban J connectivity index is 2.67. The van der Waals surface area contributed by atoms with Crippen molar-refractivity contribution >= 4 is 124 Å². The predicted octanol–water partition coefficient (Wildman–Crippen LogP) is -12.2. The number of hydrogen-bond donors (Lipinski definition) is 24. The number of amides is 18. The molecule has 2 aliphatic rings. The zero-order valence-corrected chi connectivity index (χ0v) is 65.0. The zero-order chi connectivity index (χ0) is 85.3. The summed E-state index contributed by atoms with van der Waals surface area (Å²) in [6.45, 7) is 10.8. The molecule has 0 saturated carbocycles. The van der Waals surface area contributed by atoms with E-state index in [-0.39, 0.29) is 70.4 Å². The Bertz CT molecular complexity index is 3370.